The van der Waals surface area contributed by atoms with Crippen LogP contribution in [0.1, 0.15) is 24.5 Å². The highest BCUT2D eigenvalue weighted by Crippen LogP contribution is 2.22. The molecule has 1 aromatic carbocycles. The van der Waals surface area contributed by atoms with Gasteiger partial charge in [0, 0.05) is 13.1 Å². The van der Waals surface area contributed by atoms with Gasteiger partial charge >= 0.3 is 0 Å². The highest BCUT2D eigenvalue weighted by Gasteiger charge is 2.19. The van der Waals surface area contributed by atoms with Crippen molar-refractivity contribution >= 4 is 5.91 Å². The summed E-state index contributed by atoms with van der Waals surface area (Å²) in [7, 11) is 1.67. The summed E-state index contributed by atoms with van der Waals surface area (Å²) in [5, 5.41) is 0. The molecule has 17 heavy (non-hydrogen) atoms. The van der Waals surface area contributed by atoms with Gasteiger partial charge in [0.2, 0.25) is 5.91 Å². The molecule has 0 radical (unpaired) electrons. The van der Waals surface area contributed by atoms with Gasteiger partial charge < -0.3 is 9.64 Å². The lowest BCUT2D eigenvalue weighted by molar-refractivity contribution is -0.130. The van der Waals surface area contributed by atoms with Gasteiger partial charge in [-0.25, -0.2) is 0 Å². The zero-order valence-corrected chi connectivity index (χ0v) is 10.5. The summed E-state index contributed by atoms with van der Waals surface area (Å²) in [6, 6.07) is 6.00. The Labute approximate surface area is 102 Å². The number of nitrogens with zero attached hydrogens (tertiary/aromatic N) is 1. The minimum Gasteiger partial charge on any atom is -0.497 e. The molecule has 1 aliphatic rings. The van der Waals surface area contributed by atoms with Gasteiger partial charge in [-0.15, -0.1) is 0 Å². The Hall–Kier alpha value is -1.51. The molecule has 0 N–H and O–H groups in total. The number of hydrogen-bond acceptors (Lipinski definition) is 2. The normalized spacial score (nSPS) is 15.4. The van der Waals surface area contributed by atoms with Crippen LogP contribution in [-0.4, -0.2) is 31.0 Å². The minimum absolute atomic E-state index is 0.246. The fourth-order valence-electron chi connectivity index (χ4n) is 2.30. The molecule has 0 aliphatic carbocycles. The van der Waals surface area contributed by atoms with Crippen LogP contribution in [0.3, 0.4) is 0 Å². The monoisotopic (exact) mass is 233 g/mol. The van der Waals surface area contributed by atoms with Crippen molar-refractivity contribution in [1.29, 1.82) is 0 Å². The molecule has 92 valence electrons. The number of fused-ring (bicyclic) bond motifs is 1. The second kappa shape index (κ2) is 5.21. The molecule has 0 fully saturated rings. The van der Waals surface area contributed by atoms with Crippen LogP contribution in [0.15, 0.2) is 18.2 Å². The lowest BCUT2D eigenvalue weighted by Gasteiger charge is -2.19. The number of carbonyl (C=O) groups excluding carboxylic acids is 1. The Morgan fingerprint density at radius 3 is 2.88 bits per heavy atom. The molecule has 0 saturated carbocycles. The summed E-state index contributed by atoms with van der Waals surface area (Å²) in [5.74, 6) is 1.12. The SMILES string of the molecule is CCCN1CCc2cc(OC)ccc2CC1=O. The van der Waals surface area contributed by atoms with Gasteiger partial charge in [-0.2, -0.15) is 0 Å². The summed E-state index contributed by atoms with van der Waals surface area (Å²) >= 11 is 0. The van der Waals surface area contributed by atoms with Gasteiger partial charge in [-0.05, 0) is 36.1 Å². The predicted octanol–water partition coefficient (Wildman–Crippen LogP) is 2.03. The minimum atomic E-state index is 0.246. The number of ether oxygens (including phenoxy) is 1. The summed E-state index contributed by atoms with van der Waals surface area (Å²) in [6.07, 6.45) is 2.48. The fourth-order valence-corrected chi connectivity index (χ4v) is 2.30. The first-order valence-corrected chi connectivity index (χ1v) is 6.18. The van der Waals surface area contributed by atoms with Crippen molar-refractivity contribution in [3.05, 3.63) is 29.3 Å². The fraction of sp³-hybridized carbons (Fsp3) is 0.500. The number of benzene rings is 1. The number of rotatable bonds is 3. The van der Waals surface area contributed by atoms with E-state index in [0.29, 0.717) is 6.42 Å². The average Bonchev–Trinajstić information content (AvgIpc) is 2.49. The number of carbonyl (C=O) groups is 1. The van der Waals surface area contributed by atoms with Gasteiger partial charge in [0.05, 0.1) is 13.5 Å². The Morgan fingerprint density at radius 1 is 1.35 bits per heavy atom. The molecule has 0 unspecified atom stereocenters. The quantitative estimate of drug-likeness (QED) is 0.799. The van der Waals surface area contributed by atoms with Crippen molar-refractivity contribution in [1.82, 2.24) is 4.90 Å². The average molecular weight is 233 g/mol. The van der Waals surface area contributed by atoms with Crippen molar-refractivity contribution in [2.45, 2.75) is 26.2 Å². The largest absolute Gasteiger partial charge is 0.497 e. The van der Waals surface area contributed by atoms with Crippen molar-refractivity contribution in [2.24, 2.45) is 0 Å². The van der Waals surface area contributed by atoms with Crippen LogP contribution >= 0.6 is 0 Å². The molecule has 1 amide bonds. The predicted molar refractivity (Wildman–Crippen MR) is 67.3 cm³/mol. The highest BCUT2D eigenvalue weighted by atomic mass is 16.5. The lowest BCUT2D eigenvalue weighted by atomic mass is 10.0. The Bertz CT molecular complexity index is 415. The molecule has 3 nitrogen and oxygen atoms in total. The summed E-state index contributed by atoms with van der Waals surface area (Å²) in [4.78, 5) is 14.0. The smallest absolute Gasteiger partial charge is 0.227 e. The van der Waals surface area contributed by atoms with Crippen LogP contribution < -0.4 is 4.74 Å². The van der Waals surface area contributed by atoms with Crippen LogP contribution in [0.4, 0.5) is 0 Å². The third-order valence-electron chi connectivity index (χ3n) is 3.25. The topological polar surface area (TPSA) is 29.5 Å². The second-order valence-corrected chi connectivity index (χ2v) is 4.44. The van der Waals surface area contributed by atoms with Gasteiger partial charge in [-0.3, -0.25) is 4.79 Å². The first-order valence-electron chi connectivity index (χ1n) is 6.18. The molecule has 2 rings (SSSR count). The van der Waals surface area contributed by atoms with E-state index in [0.717, 1.165) is 37.2 Å². The van der Waals surface area contributed by atoms with E-state index < -0.39 is 0 Å². The maximum absolute atomic E-state index is 12.0. The zero-order chi connectivity index (χ0) is 12.3. The van der Waals surface area contributed by atoms with Gasteiger partial charge in [-0.1, -0.05) is 13.0 Å². The number of amides is 1. The molecular formula is C14H19NO2. The van der Waals surface area contributed by atoms with E-state index >= 15 is 0 Å². The molecule has 0 saturated heterocycles. The second-order valence-electron chi connectivity index (χ2n) is 4.44. The van der Waals surface area contributed by atoms with Gasteiger partial charge in [0.1, 0.15) is 5.75 Å². The van der Waals surface area contributed by atoms with E-state index in [1.807, 2.05) is 17.0 Å². The standard InChI is InChI=1S/C14H19NO2/c1-3-7-15-8-6-12-9-13(17-2)5-4-11(12)10-14(15)16/h4-5,9H,3,6-8,10H2,1-2H3. The molecule has 1 aliphatic heterocycles. The van der Waals surface area contributed by atoms with Crippen molar-refractivity contribution in [3.8, 4) is 5.75 Å². The molecule has 0 bridgehead atoms. The van der Waals surface area contributed by atoms with E-state index in [1.165, 1.54) is 5.56 Å². The first-order chi connectivity index (χ1) is 8.24. The van der Waals surface area contributed by atoms with E-state index in [1.54, 1.807) is 7.11 Å². The van der Waals surface area contributed by atoms with Crippen LogP contribution in [0.5, 0.6) is 5.75 Å². The number of hydrogen-bond donors (Lipinski definition) is 0. The van der Waals surface area contributed by atoms with Gasteiger partial charge in [0.15, 0.2) is 0 Å². The lowest BCUT2D eigenvalue weighted by Crippen LogP contribution is -2.32. The Balaban J connectivity index is 2.22. The molecule has 1 heterocycles. The summed E-state index contributed by atoms with van der Waals surface area (Å²) < 4.78 is 5.22. The van der Waals surface area contributed by atoms with Gasteiger partial charge in [0.25, 0.3) is 0 Å². The first kappa shape index (κ1) is 12.0. The van der Waals surface area contributed by atoms with Crippen molar-refractivity contribution in [2.75, 3.05) is 20.2 Å². The van der Waals surface area contributed by atoms with Crippen LogP contribution in [0.25, 0.3) is 0 Å². The molecular weight excluding hydrogens is 214 g/mol. The summed E-state index contributed by atoms with van der Waals surface area (Å²) in [5.41, 5.74) is 2.39. The molecule has 3 heteroatoms. The number of methoxy groups -OCH3 is 1. The van der Waals surface area contributed by atoms with Crippen LogP contribution in [0, 0.1) is 0 Å². The van der Waals surface area contributed by atoms with Crippen molar-refractivity contribution in [3.63, 3.8) is 0 Å². The Kier molecular flexibility index (Phi) is 3.67. The third kappa shape index (κ3) is 2.60. The Morgan fingerprint density at radius 2 is 2.18 bits per heavy atom. The van der Waals surface area contributed by atoms with E-state index in [4.69, 9.17) is 4.74 Å². The van der Waals surface area contributed by atoms with Crippen LogP contribution in [-0.2, 0) is 17.6 Å². The molecule has 0 spiro atoms. The van der Waals surface area contributed by atoms with E-state index in [9.17, 15) is 4.79 Å². The molecule has 0 atom stereocenters. The van der Waals surface area contributed by atoms with E-state index in [2.05, 4.69) is 13.0 Å². The molecule has 1 aromatic rings. The zero-order valence-electron chi connectivity index (χ0n) is 10.5. The maximum Gasteiger partial charge on any atom is 0.227 e. The van der Waals surface area contributed by atoms with E-state index in [-0.39, 0.29) is 5.91 Å². The highest BCUT2D eigenvalue weighted by molar-refractivity contribution is 5.80. The van der Waals surface area contributed by atoms with Crippen LogP contribution in [0.2, 0.25) is 0 Å². The third-order valence-corrected chi connectivity index (χ3v) is 3.25. The van der Waals surface area contributed by atoms with Crippen molar-refractivity contribution < 1.29 is 9.53 Å². The summed E-state index contributed by atoms with van der Waals surface area (Å²) in [6.45, 7) is 3.80. The maximum atomic E-state index is 12.0. The molecule has 0 aromatic heterocycles.